The number of hydrogen-bond donors (Lipinski definition) is 0. The molecular formula is C17H24N4O5S2. The van der Waals surface area contributed by atoms with Gasteiger partial charge in [-0.1, -0.05) is 18.2 Å². The van der Waals surface area contributed by atoms with Crippen molar-refractivity contribution in [3.63, 3.8) is 0 Å². The number of hydrogen-bond acceptors (Lipinski definition) is 7. The Balaban J connectivity index is 1.50. The van der Waals surface area contributed by atoms with E-state index in [1.165, 1.54) is 15.2 Å². The summed E-state index contributed by atoms with van der Waals surface area (Å²) in [6, 6.07) is 9.22. The van der Waals surface area contributed by atoms with Crippen LogP contribution in [0.5, 0.6) is 5.75 Å². The smallest absolute Gasteiger partial charge is 0.249 e. The molecule has 28 heavy (non-hydrogen) atoms. The van der Waals surface area contributed by atoms with E-state index in [2.05, 4.69) is 10.2 Å². The molecule has 1 fully saturated rings. The summed E-state index contributed by atoms with van der Waals surface area (Å²) in [6.45, 7) is 0.674. The van der Waals surface area contributed by atoms with E-state index in [1.807, 2.05) is 30.3 Å². The predicted octanol–water partition coefficient (Wildman–Crippen LogP) is 0.852. The highest BCUT2D eigenvalue weighted by Crippen LogP contribution is 2.24. The van der Waals surface area contributed by atoms with Crippen LogP contribution in [0, 0.1) is 0 Å². The Morgan fingerprint density at radius 1 is 1.11 bits per heavy atom. The Kier molecular flexibility index (Phi) is 6.36. The first-order valence-electron chi connectivity index (χ1n) is 9.04. The minimum absolute atomic E-state index is 0.0272. The Bertz CT molecular complexity index is 982. The van der Waals surface area contributed by atoms with Gasteiger partial charge in [0.25, 0.3) is 0 Å². The van der Waals surface area contributed by atoms with Crippen LogP contribution in [0.1, 0.15) is 19.3 Å². The van der Waals surface area contributed by atoms with Crippen LogP contribution in [0.25, 0.3) is 0 Å². The fourth-order valence-corrected chi connectivity index (χ4v) is 6.42. The summed E-state index contributed by atoms with van der Waals surface area (Å²) in [6.07, 6.45) is 2.20. The molecule has 0 unspecified atom stereocenters. The van der Waals surface area contributed by atoms with Crippen LogP contribution in [0.15, 0.2) is 41.8 Å². The molecule has 11 heteroatoms. The number of ether oxygens (including phenoxy) is 1. The molecule has 0 radical (unpaired) electrons. The van der Waals surface area contributed by atoms with Crippen molar-refractivity contribution in [1.82, 2.24) is 19.1 Å². The van der Waals surface area contributed by atoms with Crippen molar-refractivity contribution in [2.75, 3.05) is 25.4 Å². The standard InChI is InChI=1S/C17H24N4O5S2/c1-20-14-18-19-17(20)28(24,25)16-8-10-21(11-9-16)27(22,23)13-5-12-26-15-6-3-2-4-7-15/h2-4,6-7,14,16H,5,8-13H2,1H3. The first kappa shape index (κ1) is 20.7. The molecule has 0 atom stereocenters. The molecule has 154 valence electrons. The van der Waals surface area contributed by atoms with Crippen LogP contribution in [0.4, 0.5) is 0 Å². The lowest BCUT2D eigenvalue weighted by molar-refractivity contribution is 0.312. The number of para-hydroxylation sites is 1. The van der Waals surface area contributed by atoms with Crippen molar-refractivity contribution in [2.24, 2.45) is 7.05 Å². The van der Waals surface area contributed by atoms with Crippen LogP contribution < -0.4 is 4.74 Å². The Labute approximate surface area is 165 Å². The minimum atomic E-state index is -3.62. The van der Waals surface area contributed by atoms with E-state index in [4.69, 9.17) is 4.74 Å². The zero-order chi connectivity index (χ0) is 20.2. The number of sulfonamides is 1. The third-order valence-corrected chi connectivity index (χ3v) is 8.90. The second-order valence-electron chi connectivity index (χ2n) is 6.70. The summed E-state index contributed by atoms with van der Waals surface area (Å²) >= 11 is 0. The molecular weight excluding hydrogens is 404 g/mol. The number of benzene rings is 1. The van der Waals surface area contributed by atoms with Crippen LogP contribution >= 0.6 is 0 Å². The van der Waals surface area contributed by atoms with Crippen molar-refractivity contribution in [1.29, 1.82) is 0 Å². The predicted molar refractivity (Wildman–Crippen MR) is 103 cm³/mol. The number of aryl methyl sites for hydroxylation is 1. The highest BCUT2D eigenvalue weighted by Gasteiger charge is 2.37. The molecule has 2 aromatic rings. The molecule has 0 amide bonds. The molecule has 1 aromatic heterocycles. The van der Waals surface area contributed by atoms with Crippen molar-refractivity contribution in [3.8, 4) is 5.75 Å². The average molecular weight is 429 g/mol. The molecule has 3 rings (SSSR count). The lowest BCUT2D eigenvalue weighted by Gasteiger charge is -2.30. The topological polar surface area (TPSA) is 111 Å². The highest BCUT2D eigenvalue weighted by molar-refractivity contribution is 7.92. The maximum absolute atomic E-state index is 12.7. The monoisotopic (exact) mass is 428 g/mol. The van der Waals surface area contributed by atoms with Gasteiger partial charge >= 0.3 is 0 Å². The van der Waals surface area contributed by atoms with Gasteiger partial charge in [0, 0.05) is 20.1 Å². The van der Waals surface area contributed by atoms with Gasteiger partial charge in [-0.15, -0.1) is 10.2 Å². The van der Waals surface area contributed by atoms with Gasteiger partial charge < -0.3 is 9.30 Å². The normalized spacial score (nSPS) is 16.9. The minimum Gasteiger partial charge on any atom is -0.494 e. The number of nitrogens with zero attached hydrogens (tertiary/aromatic N) is 4. The SMILES string of the molecule is Cn1cnnc1S(=O)(=O)C1CCN(S(=O)(=O)CCCOc2ccccc2)CC1. The van der Waals surface area contributed by atoms with Crippen LogP contribution in [-0.4, -0.2) is 66.6 Å². The van der Waals surface area contributed by atoms with Gasteiger partial charge in [-0.05, 0) is 31.4 Å². The quantitative estimate of drug-likeness (QED) is 0.573. The Morgan fingerprint density at radius 3 is 2.39 bits per heavy atom. The first-order chi connectivity index (χ1) is 13.3. The van der Waals surface area contributed by atoms with E-state index in [9.17, 15) is 16.8 Å². The molecule has 1 aromatic carbocycles. The highest BCUT2D eigenvalue weighted by atomic mass is 32.2. The molecule has 1 saturated heterocycles. The number of piperidine rings is 1. The van der Waals surface area contributed by atoms with E-state index in [1.54, 1.807) is 7.05 Å². The third-order valence-electron chi connectivity index (χ3n) is 4.72. The van der Waals surface area contributed by atoms with E-state index in [-0.39, 0.29) is 36.8 Å². The summed E-state index contributed by atoms with van der Waals surface area (Å²) in [5.41, 5.74) is 0. The van der Waals surface area contributed by atoms with Crippen LogP contribution in [0.2, 0.25) is 0 Å². The van der Waals surface area contributed by atoms with Gasteiger partial charge in [-0.25, -0.2) is 21.1 Å². The molecule has 0 saturated carbocycles. The van der Waals surface area contributed by atoms with Crippen molar-refractivity contribution in [2.45, 2.75) is 29.7 Å². The summed E-state index contributed by atoms with van der Waals surface area (Å²) in [4.78, 5) is 0. The van der Waals surface area contributed by atoms with Gasteiger partial charge in [0.05, 0.1) is 17.6 Å². The summed E-state index contributed by atoms with van der Waals surface area (Å²) < 4.78 is 58.7. The number of sulfone groups is 1. The first-order valence-corrected chi connectivity index (χ1v) is 12.2. The second-order valence-corrected chi connectivity index (χ2v) is 10.9. The molecule has 0 N–H and O–H groups in total. The molecule has 1 aliphatic rings. The van der Waals surface area contributed by atoms with E-state index >= 15 is 0 Å². The van der Waals surface area contributed by atoms with Gasteiger partial charge in [0.15, 0.2) is 0 Å². The third kappa shape index (κ3) is 4.70. The molecule has 0 bridgehead atoms. The summed E-state index contributed by atoms with van der Waals surface area (Å²) in [7, 11) is -5.49. The second kappa shape index (κ2) is 8.58. The molecule has 9 nitrogen and oxygen atoms in total. The van der Waals surface area contributed by atoms with E-state index < -0.39 is 25.1 Å². The van der Waals surface area contributed by atoms with Crippen LogP contribution in [-0.2, 0) is 26.9 Å². The van der Waals surface area contributed by atoms with Gasteiger partial charge in [-0.2, -0.15) is 0 Å². The van der Waals surface area contributed by atoms with Crippen molar-refractivity contribution < 1.29 is 21.6 Å². The maximum Gasteiger partial charge on any atom is 0.249 e. The zero-order valence-corrected chi connectivity index (χ0v) is 17.3. The largest absolute Gasteiger partial charge is 0.494 e. The Hall–Kier alpha value is -1.98. The molecule has 0 aliphatic carbocycles. The average Bonchev–Trinajstić information content (AvgIpc) is 3.13. The fourth-order valence-electron chi connectivity index (χ4n) is 3.18. The lowest BCUT2D eigenvalue weighted by Crippen LogP contribution is -2.43. The fraction of sp³-hybridized carbons (Fsp3) is 0.529. The summed E-state index contributed by atoms with van der Waals surface area (Å²) in [5.74, 6) is 0.676. The van der Waals surface area contributed by atoms with Gasteiger partial charge in [0.1, 0.15) is 12.1 Å². The molecule has 1 aliphatic heterocycles. The van der Waals surface area contributed by atoms with Gasteiger partial charge in [0.2, 0.25) is 25.0 Å². The van der Waals surface area contributed by atoms with Crippen molar-refractivity contribution in [3.05, 3.63) is 36.7 Å². The molecule has 2 heterocycles. The Morgan fingerprint density at radius 2 is 1.79 bits per heavy atom. The number of rotatable bonds is 8. The maximum atomic E-state index is 12.7. The van der Waals surface area contributed by atoms with E-state index in [0.29, 0.717) is 18.8 Å². The van der Waals surface area contributed by atoms with E-state index in [0.717, 1.165) is 0 Å². The molecule has 0 spiro atoms. The zero-order valence-electron chi connectivity index (χ0n) is 15.6. The number of aromatic nitrogens is 3. The summed E-state index contributed by atoms with van der Waals surface area (Å²) in [5, 5.41) is 6.57. The van der Waals surface area contributed by atoms with Crippen LogP contribution in [0.3, 0.4) is 0 Å². The lowest BCUT2D eigenvalue weighted by atomic mass is 10.2. The van der Waals surface area contributed by atoms with Crippen molar-refractivity contribution >= 4 is 19.9 Å². The van der Waals surface area contributed by atoms with Gasteiger partial charge in [-0.3, -0.25) is 0 Å².